The number of benzene rings is 2. The van der Waals surface area contributed by atoms with Crippen molar-refractivity contribution in [3.8, 4) is 11.1 Å². The largest absolute Gasteiger partial charge is 0.465 e. The van der Waals surface area contributed by atoms with Gasteiger partial charge in [0.1, 0.15) is 0 Å². The van der Waals surface area contributed by atoms with E-state index in [4.69, 9.17) is 11.6 Å². The van der Waals surface area contributed by atoms with Crippen LogP contribution >= 0.6 is 11.6 Å². The van der Waals surface area contributed by atoms with Gasteiger partial charge in [-0.05, 0) is 66.6 Å². The molecule has 0 saturated carbocycles. The lowest BCUT2D eigenvalue weighted by Crippen LogP contribution is -2.48. The van der Waals surface area contributed by atoms with Crippen molar-refractivity contribution in [2.24, 2.45) is 0 Å². The number of carboxylic acid groups (broad SMARTS) is 1. The van der Waals surface area contributed by atoms with Gasteiger partial charge >= 0.3 is 12.3 Å². The van der Waals surface area contributed by atoms with Gasteiger partial charge in [-0.3, -0.25) is 0 Å². The van der Waals surface area contributed by atoms with Gasteiger partial charge in [-0.2, -0.15) is 13.2 Å². The maximum absolute atomic E-state index is 13.1. The number of amides is 1. The van der Waals surface area contributed by atoms with E-state index in [2.05, 4.69) is 11.0 Å². The van der Waals surface area contributed by atoms with E-state index >= 15 is 0 Å². The fraction of sp³-hybridized carbons (Fsp3) is 0.435. The molecule has 1 amide bonds. The van der Waals surface area contributed by atoms with Crippen LogP contribution in [0.5, 0.6) is 0 Å². The second-order valence-electron chi connectivity index (χ2n) is 8.61. The molecular formula is C23H22ClF3N2O2. The van der Waals surface area contributed by atoms with Gasteiger partial charge in [-0.25, -0.2) is 4.79 Å². The summed E-state index contributed by atoms with van der Waals surface area (Å²) < 4.78 is 39.2. The van der Waals surface area contributed by atoms with Crippen LogP contribution in [0, 0.1) is 0 Å². The zero-order valence-electron chi connectivity index (χ0n) is 16.8. The number of hydrogen-bond donors (Lipinski definition) is 1. The molecule has 1 saturated heterocycles. The number of piperidine rings is 1. The van der Waals surface area contributed by atoms with Gasteiger partial charge in [-0.15, -0.1) is 0 Å². The van der Waals surface area contributed by atoms with Crippen molar-refractivity contribution in [2.75, 3.05) is 24.5 Å². The van der Waals surface area contributed by atoms with Crippen LogP contribution in [-0.2, 0) is 12.6 Å². The SMILES string of the molecule is O=C(O)N1CC[C@H]2[C@@H](C1)c1cc(-c3ccc(C(F)(F)F)cc3Cl)cc3c1N2CCCC3. The zero-order valence-corrected chi connectivity index (χ0v) is 17.5. The van der Waals surface area contributed by atoms with Crippen LogP contribution < -0.4 is 4.90 Å². The van der Waals surface area contributed by atoms with Crippen molar-refractivity contribution < 1.29 is 23.1 Å². The van der Waals surface area contributed by atoms with Gasteiger partial charge in [0.15, 0.2) is 0 Å². The topological polar surface area (TPSA) is 43.8 Å². The molecule has 1 fully saturated rings. The first-order chi connectivity index (χ1) is 14.7. The molecule has 0 radical (unpaired) electrons. The lowest BCUT2D eigenvalue weighted by Gasteiger charge is -2.37. The van der Waals surface area contributed by atoms with E-state index in [1.165, 1.54) is 22.2 Å². The normalized spacial score (nSPS) is 22.7. The number of halogens is 4. The van der Waals surface area contributed by atoms with Crippen molar-refractivity contribution in [3.05, 3.63) is 52.0 Å². The maximum atomic E-state index is 13.1. The summed E-state index contributed by atoms with van der Waals surface area (Å²) >= 11 is 6.30. The average Bonchev–Trinajstić information content (AvgIpc) is 2.87. The minimum absolute atomic E-state index is 0.0601. The van der Waals surface area contributed by atoms with Crippen molar-refractivity contribution in [1.82, 2.24) is 4.90 Å². The summed E-state index contributed by atoms with van der Waals surface area (Å²) in [5.74, 6) is 0.0601. The number of nitrogens with zero attached hydrogens (tertiary/aromatic N) is 2. The number of hydrogen-bond acceptors (Lipinski definition) is 2. The molecule has 1 N–H and O–H groups in total. The Morgan fingerprint density at radius 1 is 1.13 bits per heavy atom. The van der Waals surface area contributed by atoms with Crippen molar-refractivity contribution >= 4 is 23.4 Å². The van der Waals surface area contributed by atoms with Crippen LogP contribution in [0.4, 0.5) is 23.7 Å². The first-order valence-electron chi connectivity index (χ1n) is 10.5. The second kappa shape index (κ2) is 7.33. The smallest absolute Gasteiger partial charge is 0.416 e. The number of likely N-dealkylation sites (tertiary alicyclic amines) is 1. The number of fused-ring (bicyclic) bond motifs is 3. The van der Waals surface area contributed by atoms with Crippen molar-refractivity contribution in [3.63, 3.8) is 0 Å². The Bertz CT molecular complexity index is 1060. The highest BCUT2D eigenvalue weighted by Crippen LogP contribution is 2.50. The van der Waals surface area contributed by atoms with Crippen LogP contribution in [-0.4, -0.2) is 41.8 Å². The molecule has 0 unspecified atom stereocenters. The third-order valence-corrected chi connectivity index (χ3v) is 7.17. The molecule has 2 atom stereocenters. The highest BCUT2D eigenvalue weighted by Gasteiger charge is 2.44. The summed E-state index contributed by atoms with van der Waals surface area (Å²) in [6.45, 7) is 1.91. The van der Waals surface area contributed by atoms with Gasteiger partial charge in [0.2, 0.25) is 0 Å². The van der Waals surface area contributed by atoms with Crippen LogP contribution in [0.1, 0.15) is 41.9 Å². The monoisotopic (exact) mass is 450 g/mol. The zero-order chi connectivity index (χ0) is 21.9. The average molecular weight is 451 g/mol. The Hall–Kier alpha value is -2.41. The molecule has 31 heavy (non-hydrogen) atoms. The third-order valence-electron chi connectivity index (χ3n) is 6.85. The van der Waals surface area contributed by atoms with Crippen LogP contribution in [0.15, 0.2) is 30.3 Å². The standard InChI is InChI=1S/C23H22ClF3N2O2/c24-19-11-15(23(25,26)27)4-5-16(19)14-9-13-3-1-2-7-29-20-6-8-28(22(30)31)12-18(20)17(10-14)21(13)29/h4-5,9-11,18,20H,1-3,6-8,12H2,(H,30,31)/t18-,20-/m0/s1. The summed E-state index contributed by atoms with van der Waals surface area (Å²) in [4.78, 5) is 15.5. The lowest BCUT2D eigenvalue weighted by molar-refractivity contribution is -0.137. The lowest BCUT2D eigenvalue weighted by atomic mass is 9.86. The predicted molar refractivity (Wildman–Crippen MR) is 113 cm³/mol. The van der Waals surface area contributed by atoms with Crippen LogP contribution in [0.2, 0.25) is 5.02 Å². The molecule has 4 nitrogen and oxygen atoms in total. The van der Waals surface area contributed by atoms with Gasteiger partial charge in [0, 0.05) is 47.9 Å². The summed E-state index contributed by atoms with van der Waals surface area (Å²) in [5.41, 5.74) is 4.07. The first-order valence-corrected chi connectivity index (χ1v) is 10.9. The van der Waals surface area contributed by atoms with Crippen LogP contribution in [0.25, 0.3) is 11.1 Å². The molecule has 8 heteroatoms. The number of aryl methyl sites for hydroxylation is 1. The molecule has 2 aromatic rings. The van der Waals surface area contributed by atoms with Gasteiger partial charge in [0.25, 0.3) is 0 Å². The second-order valence-corrected chi connectivity index (χ2v) is 9.01. The molecule has 164 valence electrons. The number of alkyl halides is 3. The van der Waals surface area contributed by atoms with E-state index in [-0.39, 0.29) is 17.0 Å². The van der Waals surface area contributed by atoms with E-state index in [9.17, 15) is 23.1 Å². The summed E-state index contributed by atoms with van der Waals surface area (Å²) in [7, 11) is 0. The molecule has 0 spiro atoms. The summed E-state index contributed by atoms with van der Waals surface area (Å²) in [6, 6.07) is 7.81. The van der Waals surface area contributed by atoms with E-state index in [0.717, 1.165) is 55.5 Å². The van der Waals surface area contributed by atoms with Gasteiger partial charge in [0.05, 0.1) is 5.56 Å². The maximum Gasteiger partial charge on any atom is 0.416 e. The van der Waals surface area contributed by atoms with Crippen molar-refractivity contribution in [1.29, 1.82) is 0 Å². The Kier molecular flexibility index (Phi) is 4.84. The molecular weight excluding hydrogens is 429 g/mol. The molecule has 2 aromatic carbocycles. The number of rotatable bonds is 1. The minimum Gasteiger partial charge on any atom is -0.465 e. The Labute approximate surface area is 183 Å². The molecule has 3 aliphatic heterocycles. The minimum atomic E-state index is -4.44. The number of anilines is 1. The van der Waals surface area contributed by atoms with E-state index in [1.54, 1.807) is 0 Å². The fourth-order valence-electron chi connectivity index (χ4n) is 5.46. The molecule has 5 rings (SSSR count). The number of carbonyl (C=O) groups is 1. The molecule has 0 bridgehead atoms. The van der Waals surface area contributed by atoms with Gasteiger partial charge in [-0.1, -0.05) is 17.7 Å². The van der Waals surface area contributed by atoms with Gasteiger partial charge < -0.3 is 14.9 Å². The predicted octanol–water partition coefficient (Wildman–Crippen LogP) is 6.02. The Balaban J connectivity index is 1.61. The summed E-state index contributed by atoms with van der Waals surface area (Å²) in [5, 5.41) is 9.57. The quantitative estimate of drug-likeness (QED) is 0.578. The van der Waals surface area contributed by atoms with E-state index in [1.807, 2.05) is 6.07 Å². The third kappa shape index (κ3) is 3.43. The molecule has 0 aromatic heterocycles. The van der Waals surface area contributed by atoms with Crippen LogP contribution in [0.3, 0.4) is 0 Å². The Morgan fingerprint density at radius 2 is 1.94 bits per heavy atom. The molecule has 3 aliphatic rings. The Morgan fingerprint density at radius 3 is 2.65 bits per heavy atom. The van der Waals surface area contributed by atoms with E-state index < -0.39 is 17.8 Å². The van der Waals surface area contributed by atoms with Crippen molar-refractivity contribution in [2.45, 2.75) is 43.8 Å². The fourth-order valence-corrected chi connectivity index (χ4v) is 5.75. The highest BCUT2D eigenvalue weighted by molar-refractivity contribution is 6.33. The summed E-state index contributed by atoms with van der Waals surface area (Å²) in [6.07, 6.45) is -1.57. The molecule has 0 aliphatic carbocycles. The molecule has 3 heterocycles. The first kappa shape index (κ1) is 20.5. The van der Waals surface area contributed by atoms with E-state index in [0.29, 0.717) is 18.7 Å². The highest BCUT2D eigenvalue weighted by atomic mass is 35.5.